The van der Waals surface area contributed by atoms with Gasteiger partial charge in [0.2, 0.25) is 5.91 Å². The van der Waals surface area contributed by atoms with Crippen LogP contribution in [0.5, 0.6) is 0 Å². The highest BCUT2D eigenvalue weighted by atomic mass is 32.2. The summed E-state index contributed by atoms with van der Waals surface area (Å²) < 4.78 is 31.9. The van der Waals surface area contributed by atoms with Crippen molar-refractivity contribution < 1.29 is 17.9 Å². The minimum atomic E-state index is -3.86. The normalized spacial score (nSPS) is 19.6. The molecule has 20 heavy (non-hydrogen) atoms. The SMILES string of the molecule is CCOC1CCC(=O)N1S(=O)(=O)c1c(C)cccc1C. The fourth-order valence-electron chi connectivity index (χ4n) is 2.57. The van der Waals surface area contributed by atoms with Crippen molar-refractivity contribution in [1.82, 2.24) is 4.31 Å². The number of carbonyl (C=O) groups excluding carboxylic acids is 1. The monoisotopic (exact) mass is 297 g/mol. The Labute approximate surface area is 119 Å². The lowest BCUT2D eigenvalue weighted by Crippen LogP contribution is -2.40. The summed E-state index contributed by atoms with van der Waals surface area (Å²) in [5.74, 6) is -0.397. The van der Waals surface area contributed by atoms with Crippen LogP contribution in [0.2, 0.25) is 0 Å². The van der Waals surface area contributed by atoms with Crippen molar-refractivity contribution >= 4 is 15.9 Å². The standard InChI is InChI=1S/C14H19NO4S/c1-4-19-13-9-8-12(16)15(13)20(17,18)14-10(2)6-5-7-11(14)3/h5-7,13H,4,8-9H2,1-3H3. The second-order valence-electron chi connectivity index (χ2n) is 4.86. The molecule has 1 aromatic rings. The molecule has 1 atom stereocenters. The van der Waals surface area contributed by atoms with Gasteiger partial charge in [-0.05, 0) is 31.9 Å². The Morgan fingerprint density at radius 3 is 2.45 bits per heavy atom. The van der Waals surface area contributed by atoms with Gasteiger partial charge in [0.1, 0.15) is 6.23 Å². The summed E-state index contributed by atoms with van der Waals surface area (Å²) in [6.45, 7) is 5.62. The molecule has 0 saturated carbocycles. The number of ether oxygens (including phenoxy) is 1. The highest BCUT2D eigenvalue weighted by Crippen LogP contribution is 2.31. The Bertz CT molecular complexity index is 604. The third kappa shape index (κ3) is 2.45. The molecule has 1 aliphatic rings. The first kappa shape index (κ1) is 15.0. The van der Waals surface area contributed by atoms with Crippen molar-refractivity contribution in [1.29, 1.82) is 0 Å². The van der Waals surface area contributed by atoms with E-state index in [1.165, 1.54) is 0 Å². The molecule has 1 aliphatic heterocycles. The number of hydrogen-bond donors (Lipinski definition) is 0. The van der Waals surface area contributed by atoms with Crippen LogP contribution in [0.15, 0.2) is 23.1 Å². The van der Waals surface area contributed by atoms with E-state index in [1.807, 2.05) is 0 Å². The van der Waals surface area contributed by atoms with E-state index in [-0.39, 0.29) is 11.3 Å². The molecule has 2 rings (SSSR count). The molecule has 0 aromatic heterocycles. The number of nitrogens with zero attached hydrogens (tertiary/aromatic N) is 1. The molecular weight excluding hydrogens is 278 g/mol. The summed E-state index contributed by atoms with van der Waals surface area (Å²) in [5, 5.41) is 0. The molecule has 1 aromatic carbocycles. The average molecular weight is 297 g/mol. The third-order valence-corrected chi connectivity index (χ3v) is 5.51. The molecule has 0 N–H and O–H groups in total. The van der Waals surface area contributed by atoms with Crippen LogP contribution < -0.4 is 0 Å². The van der Waals surface area contributed by atoms with E-state index in [0.29, 0.717) is 24.2 Å². The zero-order chi connectivity index (χ0) is 14.9. The molecule has 5 nitrogen and oxygen atoms in total. The average Bonchev–Trinajstić information content (AvgIpc) is 2.71. The van der Waals surface area contributed by atoms with Crippen molar-refractivity contribution in [2.45, 2.75) is 44.7 Å². The highest BCUT2D eigenvalue weighted by Gasteiger charge is 2.42. The van der Waals surface area contributed by atoms with Gasteiger partial charge in [-0.25, -0.2) is 12.7 Å². The van der Waals surface area contributed by atoms with E-state index < -0.39 is 22.2 Å². The van der Waals surface area contributed by atoms with E-state index in [4.69, 9.17) is 4.74 Å². The number of benzene rings is 1. The minimum Gasteiger partial charge on any atom is -0.357 e. The fraction of sp³-hybridized carbons (Fsp3) is 0.500. The molecule has 1 unspecified atom stereocenters. The number of sulfonamides is 1. The van der Waals surface area contributed by atoms with Gasteiger partial charge in [0.05, 0.1) is 4.90 Å². The van der Waals surface area contributed by atoms with E-state index >= 15 is 0 Å². The Morgan fingerprint density at radius 2 is 1.90 bits per heavy atom. The first-order chi connectivity index (χ1) is 9.39. The van der Waals surface area contributed by atoms with Gasteiger partial charge in [0, 0.05) is 19.4 Å². The van der Waals surface area contributed by atoms with Crippen LogP contribution in [0.4, 0.5) is 0 Å². The zero-order valence-electron chi connectivity index (χ0n) is 11.9. The van der Waals surface area contributed by atoms with Crippen LogP contribution in [0, 0.1) is 13.8 Å². The van der Waals surface area contributed by atoms with Crippen molar-refractivity contribution in [3.05, 3.63) is 29.3 Å². The van der Waals surface area contributed by atoms with Gasteiger partial charge in [-0.3, -0.25) is 4.79 Å². The number of rotatable bonds is 4. The summed E-state index contributed by atoms with van der Waals surface area (Å²) in [4.78, 5) is 12.2. The molecule has 1 heterocycles. The lowest BCUT2D eigenvalue weighted by Gasteiger charge is -2.25. The van der Waals surface area contributed by atoms with Crippen LogP contribution in [-0.4, -0.2) is 31.5 Å². The Hall–Kier alpha value is -1.40. The lowest BCUT2D eigenvalue weighted by molar-refractivity contribution is -0.128. The second-order valence-corrected chi connectivity index (χ2v) is 6.62. The molecule has 1 saturated heterocycles. The van der Waals surface area contributed by atoms with Gasteiger partial charge < -0.3 is 4.74 Å². The number of amides is 1. The molecular formula is C14H19NO4S. The molecule has 0 spiro atoms. The van der Waals surface area contributed by atoms with Crippen LogP contribution in [-0.2, 0) is 19.6 Å². The quantitative estimate of drug-likeness (QED) is 0.852. The van der Waals surface area contributed by atoms with Crippen molar-refractivity contribution in [3.8, 4) is 0 Å². The van der Waals surface area contributed by atoms with Gasteiger partial charge >= 0.3 is 0 Å². The molecule has 0 bridgehead atoms. The highest BCUT2D eigenvalue weighted by molar-refractivity contribution is 7.89. The van der Waals surface area contributed by atoms with Crippen LogP contribution in [0.3, 0.4) is 0 Å². The van der Waals surface area contributed by atoms with Gasteiger partial charge in [0.15, 0.2) is 0 Å². The lowest BCUT2D eigenvalue weighted by atomic mass is 10.2. The first-order valence-corrected chi connectivity index (χ1v) is 8.08. The summed E-state index contributed by atoms with van der Waals surface area (Å²) in [5.41, 5.74) is 1.28. The minimum absolute atomic E-state index is 0.203. The van der Waals surface area contributed by atoms with Gasteiger partial charge in [-0.15, -0.1) is 0 Å². The fourth-order valence-corrected chi connectivity index (χ4v) is 4.55. The smallest absolute Gasteiger partial charge is 0.269 e. The summed E-state index contributed by atoms with van der Waals surface area (Å²) in [6.07, 6.45) is -0.0671. The van der Waals surface area contributed by atoms with Crippen molar-refractivity contribution in [2.75, 3.05) is 6.61 Å². The number of carbonyl (C=O) groups is 1. The summed E-state index contributed by atoms with van der Waals surface area (Å²) in [6, 6.07) is 5.27. The van der Waals surface area contributed by atoms with Crippen LogP contribution in [0.25, 0.3) is 0 Å². The van der Waals surface area contributed by atoms with Crippen molar-refractivity contribution in [2.24, 2.45) is 0 Å². The van der Waals surface area contributed by atoms with E-state index in [9.17, 15) is 13.2 Å². The summed E-state index contributed by atoms with van der Waals surface area (Å²) >= 11 is 0. The van der Waals surface area contributed by atoms with Crippen LogP contribution in [0.1, 0.15) is 30.9 Å². The largest absolute Gasteiger partial charge is 0.357 e. The number of hydrogen-bond acceptors (Lipinski definition) is 4. The van der Waals surface area contributed by atoms with E-state index in [2.05, 4.69) is 0 Å². The van der Waals surface area contributed by atoms with Gasteiger partial charge in [-0.2, -0.15) is 0 Å². The van der Waals surface area contributed by atoms with E-state index in [0.717, 1.165) is 4.31 Å². The first-order valence-electron chi connectivity index (χ1n) is 6.64. The Kier molecular flexibility index (Phi) is 4.15. The van der Waals surface area contributed by atoms with Crippen LogP contribution >= 0.6 is 0 Å². The Balaban J connectivity index is 2.51. The molecule has 0 aliphatic carbocycles. The zero-order valence-corrected chi connectivity index (χ0v) is 12.7. The van der Waals surface area contributed by atoms with Gasteiger partial charge in [0.25, 0.3) is 10.0 Å². The summed E-state index contributed by atoms with van der Waals surface area (Å²) in [7, 11) is -3.86. The predicted octanol–water partition coefficient (Wildman–Crippen LogP) is 1.98. The molecule has 6 heteroatoms. The second kappa shape index (κ2) is 5.54. The van der Waals surface area contributed by atoms with E-state index in [1.54, 1.807) is 39.0 Å². The third-order valence-electron chi connectivity index (χ3n) is 3.40. The van der Waals surface area contributed by atoms with Gasteiger partial charge in [-0.1, -0.05) is 18.2 Å². The predicted molar refractivity (Wildman–Crippen MR) is 74.6 cm³/mol. The molecule has 110 valence electrons. The van der Waals surface area contributed by atoms with Crippen molar-refractivity contribution in [3.63, 3.8) is 0 Å². The Morgan fingerprint density at radius 1 is 1.30 bits per heavy atom. The maximum Gasteiger partial charge on any atom is 0.269 e. The molecule has 0 radical (unpaired) electrons. The number of aryl methyl sites for hydroxylation is 2. The maximum atomic E-state index is 12.8. The topological polar surface area (TPSA) is 63.7 Å². The molecule has 1 amide bonds. The molecule has 1 fully saturated rings. The maximum absolute atomic E-state index is 12.8.